The molecule has 27 heavy (non-hydrogen) atoms. The minimum atomic E-state index is -0.844. The highest BCUT2D eigenvalue weighted by Gasteiger charge is 2.22. The minimum absolute atomic E-state index is 0.0114. The highest BCUT2D eigenvalue weighted by molar-refractivity contribution is 5.68. The Morgan fingerprint density at radius 1 is 0.852 bits per heavy atom. The molecule has 0 heterocycles. The summed E-state index contributed by atoms with van der Waals surface area (Å²) >= 11 is 0. The number of hydrogen-bond acceptors (Lipinski definition) is 3. The van der Waals surface area contributed by atoms with Gasteiger partial charge in [0.1, 0.15) is 5.75 Å². The quantitative estimate of drug-likeness (QED) is 0.616. The SMILES string of the molecule is COc1ccc([C@@H](CC(=O)O)NC(c2ccccc2)c2ccccc2)cc1. The molecule has 3 aromatic carbocycles. The Kier molecular flexibility index (Phi) is 6.23. The molecule has 4 nitrogen and oxygen atoms in total. The topological polar surface area (TPSA) is 58.6 Å². The molecule has 0 aliphatic carbocycles. The highest BCUT2D eigenvalue weighted by Crippen LogP contribution is 2.28. The fourth-order valence-electron chi connectivity index (χ4n) is 3.16. The van der Waals surface area contributed by atoms with Crippen LogP contribution in [0.4, 0.5) is 0 Å². The summed E-state index contributed by atoms with van der Waals surface area (Å²) in [5.41, 5.74) is 3.09. The number of benzene rings is 3. The molecule has 0 spiro atoms. The van der Waals surface area contributed by atoms with Crippen LogP contribution < -0.4 is 10.1 Å². The molecule has 0 bridgehead atoms. The first kappa shape index (κ1) is 18.7. The lowest BCUT2D eigenvalue weighted by atomic mass is 9.95. The molecule has 0 fully saturated rings. The molecular formula is C23H23NO3. The number of carboxylic acids is 1. The maximum absolute atomic E-state index is 11.5. The van der Waals surface area contributed by atoms with Gasteiger partial charge in [-0.1, -0.05) is 72.8 Å². The largest absolute Gasteiger partial charge is 0.497 e. The van der Waals surface area contributed by atoms with Gasteiger partial charge in [-0.15, -0.1) is 0 Å². The third kappa shape index (κ3) is 4.96. The van der Waals surface area contributed by atoms with Gasteiger partial charge >= 0.3 is 5.97 Å². The van der Waals surface area contributed by atoms with Crippen molar-refractivity contribution in [2.24, 2.45) is 0 Å². The Hall–Kier alpha value is -3.11. The van der Waals surface area contributed by atoms with Crippen molar-refractivity contribution in [1.29, 1.82) is 0 Å². The summed E-state index contributed by atoms with van der Waals surface area (Å²) in [6, 6.07) is 27.2. The lowest BCUT2D eigenvalue weighted by Crippen LogP contribution is -2.29. The van der Waals surface area contributed by atoms with E-state index in [0.717, 1.165) is 22.4 Å². The molecule has 0 radical (unpaired) electrons. The van der Waals surface area contributed by atoms with Gasteiger partial charge in [0, 0.05) is 6.04 Å². The molecule has 0 saturated heterocycles. The average molecular weight is 361 g/mol. The molecule has 3 aromatic rings. The van der Waals surface area contributed by atoms with Gasteiger partial charge in [0.15, 0.2) is 0 Å². The molecule has 0 aliphatic heterocycles. The van der Waals surface area contributed by atoms with Crippen LogP contribution in [0, 0.1) is 0 Å². The predicted molar refractivity (Wildman–Crippen MR) is 106 cm³/mol. The summed E-state index contributed by atoms with van der Waals surface area (Å²) in [6.07, 6.45) is -0.0114. The van der Waals surface area contributed by atoms with E-state index < -0.39 is 5.97 Å². The van der Waals surface area contributed by atoms with Crippen LogP contribution >= 0.6 is 0 Å². The fraction of sp³-hybridized carbons (Fsp3) is 0.174. The van der Waals surface area contributed by atoms with Crippen molar-refractivity contribution < 1.29 is 14.6 Å². The summed E-state index contributed by atoms with van der Waals surface area (Å²) in [5, 5.41) is 13.0. The first-order valence-corrected chi connectivity index (χ1v) is 8.89. The molecule has 138 valence electrons. The second-order valence-corrected chi connectivity index (χ2v) is 6.34. The standard InChI is InChI=1S/C23H23NO3/c1-27-20-14-12-17(13-15-20)21(16-22(25)26)24-23(18-8-4-2-5-9-18)19-10-6-3-7-11-19/h2-15,21,23-24H,16H2,1H3,(H,25,26)/t21-/m1/s1. The maximum Gasteiger partial charge on any atom is 0.305 e. The monoisotopic (exact) mass is 361 g/mol. The zero-order chi connectivity index (χ0) is 19.1. The molecule has 1 atom stereocenters. The maximum atomic E-state index is 11.5. The predicted octanol–water partition coefficient (Wildman–Crippen LogP) is 4.59. The van der Waals surface area contributed by atoms with E-state index in [4.69, 9.17) is 4.74 Å². The first-order chi connectivity index (χ1) is 13.2. The number of ether oxygens (including phenoxy) is 1. The highest BCUT2D eigenvalue weighted by atomic mass is 16.5. The van der Waals surface area contributed by atoms with Gasteiger partial charge in [0.05, 0.1) is 19.6 Å². The molecule has 2 N–H and O–H groups in total. The van der Waals surface area contributed by atoms with Crippen LogP contribution in [-0.4, -0.2) is 18.2 Å². The molecule has 0 unspecified atom stereocenters. The second kappa shape index (κ2) is 9.01. The third-order valence-corrected chi connectivity index (χ3v) is 4.53. The third-order valence-electron chi connectivity index (χ3n) is 4.53. The Balaban J connectivity index is 1.95. The van der Waals surface area contributed by atoms with Crippen LogP contribution in [0.15, 0.2) is 84.9 Å². The lowest BCUT2D eigenvalue weighted by molar-refractivity contribution is -0.137. The number of carboxylic acid groups (broad SMARTS) is 1. The summed E-state index contributed by atoms with van der Waals surface area (Å²) < 4.78 is 5.21. The lowest BCUT2D eigenvalue weighted by Gasteiger charge is -2.26. The van der Waals surface area contributed by atoms with Gasteiger partial charge in [-0.3, -0.25) is 10.1 Å². The molecular weight excluding hydrogens is 338 g/mol. The number of rotatable bonds is 8. The van der Waals surface area contributed by atoms with Crippen LogP contribution in [0.5, 0.6) is 5.75 Å². The van der Waals surface area contributed by atoms with Crippen molar-refractivity contribution in [3.8, 4) is 5.75 Å². The van der Waals surface area contributed by atoms with Crippen molar-refractivity contribution in [2.75, 3.05) is 7.11 Å². The summed E-state index contributed by atoms with van der Waals surface area (Å²) in [4.78, 5) is 11.5. The smallest absolute Gasteiger partial charge is 0.305 e. The Labute approximate surface area is 159 Å². The minimum Gasteiger partial charge on any atom is -0.497 e. The van der Waals surface area contributed by atoms with Gasteiger partial charge in [-0.05, 0) is 28.8 Å². The van der Waals surface area contributed by atoms with Gasteiger partial charge in [0.2, 0.25) is 0 Å². The van der Waals surface area contributed by atoms with E-state index in [2.05, 4.69) is 29.6 Å². The van der Waals surface area contributed by atoms with E-state index in [1.165, 1.54) is 0 Å². The number of carbonyl (C=O) groups is 1. The molecule has 3 rings (SSSR count). The van der Waals surface area contributed by atoms with Crippen LogP contribution in [0.1, 0.15) is 35.2 Å². The second-order valence-electron chi connectivity index (χ2n) is 6.34. The van der Waals surface area contributed by atoms with Crippen molar-refractivity contribution in [1.82, 2.24) is 5.32 Å². The van der Waals surface area contributed by atoms with E-state index in [1.807, 2.05) is 60.7 Å². The van der Waals surface area contributed by atoms with Crippen molar-refractivity contribution in [2.45, 2.75) is 18.5 Å². The van der Waals surface area contributed by atoms with Crippen LogP contribution in [0.3, 0.4) is 0 Å². The van der Waals surface area contributed by atoms with E-state index in [9.17, 15) is 9.90 Å². The van der Waals surface area contributed by atoms with E-state index in [1.54, 1.807) is 7.11 Å². The van der Waals surface area contributed by atoms with E-state index in [0.29, 0.717) is 0 Å². The van der Waals surface area contributed by atoms with Gasteiger partial charge in [-0.2, -0.15) is 0 Å². The van der Waals surface area contributed by atoms with E-state index in [-0.39, 0.29) is 18.5 Å². The Morgan fingerprint density at radius 3 is 1.81 bits per heavy atom. The number of hydrogen-bond donors (Lipinski definition) is 2. The first-order valence-electron chi connectivity index (χ1n) is 8.89. The van der Waals surface area contributed by atoms with Gasteiger partial charge in [0.25, 0.3) is 0 Å². The number of methoxy groups -OCH3 is 1. The zero-order valence-electron chi connectivity index (χ0n) is 15.2. The normalized spacial score (nSPS) is 11.9. The van der Waals surface area contributed by atoms with Crippen LogP contribution in [-0.2, 0) is 4.79 Å². The van der Waals surface area contributed by atoms with Crippen LogP contribution in [0.25, 0.3) is 0 Å². The summed E-state index contributed by atoms with van der Waals surface area (Å²) in [7, 11) is 1.61. The van der Waals surface area contributed by atoms with Gasteiger partial charge in [-0.25, -0.2) is 0 Å². The zero-order valence-corrected chi connectivity index (χ0v) is 15.2. The van der Waals surface area contributed by atoms with E-state index >= 15 is 0 Å². The van der Waals surface area contributed by atoms with Crippen LogP contribution in [0.2, 0.25) is 0 Å². The Bertz CT molecular complexity index is 808. The molecule has 0 aromatic heterocycles. The molecule has 4 heteroatoms. The molecule has 0 amide bonds. The Morgan fingerprint density at radius 2 is 1.37 bits per heavy atom. The number of aliphatic carboxylic acids is 1. The average Bonchev–Trinajstić information content (AvgIpc) is 2.72. The van der Waals surface area contributed by atoms with Gasteiger partial charge < -0.3 is 9.84 Å². The van der Waals surface area contributed by atoms with Crippen molar-refractivity contribution in [3.63, 3.8) is 0 Å². The molecule has 0 aliphatic rings. The summed E-state index contributed by atoms with van der Waals surface area (Å²) in [6.45, 7) is 0. The number of nitrogens with one attached hydrogen (secondary N) is 1. The van der Waals surface area contributed by atoms with Crippen molar-refractivity contribution in [3.05, 3.63) is 102 Å². The summed E-state index contributed by atoms with van der Waals surface area (Å²) in [5.74, 6) is -0.0984. The van der Waals surface area contributed by atoms with Crippen molar-refractivity contribution >= 4 is 5.97 Å². The molecule has 0 saturated carbocycles. The fourth-order valence-corrected chi connectivity index (χ4v) is 3.16.